The van der Waals surface area contributed by atoms with E-state index in [9.17, 15) is 9.59 Å². The molecule has 0 aliphatic carbocycles. The van der Waals surface area contributed by atoms with Crippen LogP contribution in [-0.2, 0) is 9.53 Å². The van der Waals surface area contributed by atoms with Gasteiger partial charge in [0, 0.05) is 6.20 Å². The number of esters is 1. The van der Waals surface area contributed by atoms with Gasteiger partial charge in [0.2, 0.25) is 0 Å². The maximum Gasteiger partial charge on any atom is 0.328 e. The normalized spacial score (nSPS) is 11.9. The number of carbonyl (C=O) groups excluding carboxylic acids is 2. The van der Waals surface area contributed by atoms with Crippen LogP contribution in [0, 0.1) is 0 Å². The number of aromatic nitrogens is 3. The molecular weight excluding hydrogens is 250 g/mol. The van der Waals surface area contributed by atoms with E-state index in [1.165, 1.54) is 24.9 Å². The highest BCUT2D eigenvalue weighted by molar-refractivity contribution is 5.95. The molecule has 0 aliphatic rings. The number of amides is 2. The highest BCUT2D eigenvalue weighted by Crippen LogP contribution is 2.12. The first-order valence-electron chi connectivity index (χ1n) is 5.55. The molecule has 2 aromatic heterocycles. The van der Waals surface area contributed by atoms with Gasteiger partial charge in [0.25, 0.3) is 0 Å². The Morgan fingerprint density at radius 2 is 2.26 bits per heavy atom. The highest BCUT2D eigenvalue weighted by Gasteiger charge is 2.16. The predicted octanol–water partition coefficient (Wildman–Crippen LogP) is 0.412. The lowest BCUT2D eigenvalue weighted by atomic mass is 10.3. The Bertz CT molecular complexity index is 609. The molecule has 0 bridgehead atoms. The van der Waals surface area contributed by atoms with E-state index < -0.39 is 18.0 Å². The summed E-state index contributed by atoms with van der Waals surface area (Å²) in [5.74, 6) is -0.518. The molecule has 100 valence electrons. The van der Waals surface area contributed by atoms with Gasteiger partial charge in [-0.2, -0.15) is 5.10 Å². The van der Waals surface area contributed by atoms with E-state index in [4.69, 9.17) is 0 Å². The van der Waals surface area contributed by atoms with Gasteiger partial charge in [-0.15, -0.1) is 0 Å². The van der Waals surface area contributed by atoms with Crippen LogP contribution in [0.25, 0.3) is 5.65 Å². The summed E-state index contributed by atoms with van der Waals surface area (Å²) in [6, 6.07) is 2.16. The number of rotatable bonds is 3. The Balaban J connectivity index is 2.07. The summed E-state index contributed by atoms with van der Waals surface area (Å²) in [4.78, 5) is 26.9. The molecule has 2 N–H and O–H groups in total. The molecule has 0 radical (unpaired) electrons. The van der Waals surface area contributed by atoms with E-state index in [2.05, 4.69) is 25.5 Å². The fourth-order valence-electron chi connectivity index (χ4n) is 1.54. The molecule has 1 atom stereocenters. The number of anilines is 1. The van der Waals surface area contributed by atoms with E-state index in [0.29, 0.717) is 11.3 Å². The minimum atomic E-state index is -0.734. The lowest BCUT2D eigenvalue weighted by Crippen LogP contribution is -2.41. The number of hydrogen-bond donors (Lipinski definition) is 2. The number of fused-ring (bicyclic) bond motifs is 1. The lowest BCUT2D eigenvalue weighted by molar-refractivity contribution is -0.142. The topological polar surface area (TPSA) is 97.6 Å². The standard InChI is InChI=1S/C11H13N5O3/c1-7(10(17)19-2)14-11(18)15-8-4-3-5-16-9(8)12-6-13-16/h3-7H,1-2H3,(H2,14,15,18). The first-order valence-corrected chi connectivity index (χ1v) is 5.55. The van der Waals surface area contributed by atoms with Crippen molar-refractivity contribution in [1.29, 1.82) is 0 Å². The molecule has 19 heavy (non-hydrogen) atoms. The number of ether oxygens (including phenoxy) is 1. The van der Waals surface area contributed by atoms with Crippen LogP contribution in [0.2, 0.25) is 0 Å². The molecule has 0 fully saturated rings. The van der Waals surface area contributed by atoms with Crippen molar-refractivity contribution in [3.63, 3.8) is 0 Å². The first-order chi connectivity index (χ1) is 9.11. The molecule has 8 heteroatoms. The maximum absolute atomic E-state index is 11.7. The summed E-state index contributed by atoms with van der Waals surface area (Å²) in [5.41, 5.74) is 1.01. The number of nitrogens with zero attached hydrogens (tertiary/aromatic N) is 3. The van der Waals surface area contributed by atoms with Crippen LogP contribution >= 0.6 is 0 Å². The Morgan fingerprint density at radius 3 is 3.00 bits per heavy atom. The average Bonchev–Trinajstić information content (AvgIpc) is 2.87. The zero-order valence-electron chi connectivity index (χ0n) is 10.5. The molecular formula is C11H13N5O3. The number of nitrogens with one attached hydrogen (secondary N) is 2. The molecule has 8 nitrogen and oxygen atoms in total. The van der Waals surface area contributed by atoms with Gasteiger partial charge in [0.1, 0.15) is 12.4 Å². The molecule has 0 saturated carbocycles. The lowest BCUT2D eigenvalue weighted by Gasteiger charge is -2.12. The third kappa shape index (κ3) is 2.79. The van der Waals surface area contributed by atoms with E-state index in [-0.39, 0.29) is 0 Å². The molecule has 0 aliphatic heterocycles. The first kappa shape index (κ1) is 12.8. The van der Waals surface area contributed by atoms with Crippen LogP contribution < -0.4 is 10.6 Å². The fourth-order valence-corrected chi connectivity index (χ4v) is 1.54. The van der Waals surface area contributed by atoms with Crippen molar-refractivity contribution in [3.05, 3.63) is 24.7 Å². The van der Waals surface area contributed by atoms with Gasteiger partial charge in [-0.05, 0) is 19.1 Å². The van der Waals surface area contributed by atoms with E-state index in [1.54, 1.807) is 18.3 Å². The Kier molecular flexibility index (Phi) is 3.60. The summed E-state index contributed by atoms with van der Waals surface area (Å²) in [7, 11) is 1.26. The number of carbonyl (C=O) groups is 2. The van der Waals surface area contributed by atoms with Crippen molar-refractivity contribution >= 4 is 23.3 Å². The predicted molar refractivity (Wildman–Crippen MR) is 66.6 cm³/mol. The second kappa shape index (κ2) is 5.34. The summed E-state index contributed by atoms with van der Waals surface area (Å²) in [6.07, 6.45) is 3.10. The van der Waals surface area contributed by atoms with E-state index in [1.807, 2.05) is 0 Å². The van der Waals surface area contributed by atoms with Gasteiger partial charge in [-0.1, -0.05) is 0 Å². The van der Waals surface area contributed by atoms with Gasteiger partial charge in [-0.3, -0.25) is 0 Å². The van der Waals surface area contributed by atoms with Crippen molar-refractivity contribution in [2.24, 2.45) is 0 Å². The van der Waals surface area contributed by atoms with Crippen molar-refractivity contribution in [1.82, 2.24) is 19.9 Å². The summed E-state index contributed by atoms with van der Waals surface area (Å²) in [6.45, 7) is 1.53. The van der Waals surface area contributed by atoms with E-state index >= 15 is 0 Å². The third-order valence-corrected chi connectivity index (χ3v) is 2.45. The van der Waals surface area contributed by atoms with Crippen LogP contribution in [0.4, 0.5) is 10.5 Å². The van der Waals surface area contributed by atoms with Gasteiger partial charge in [0.05, 0.1) is 12.8 Å². The van der Waals surface area contributed by atoms with Gasteiger partial charge < -0.3 is 15.4 Å². The second-order valence-corrected chi connectivity index (χ2v) is 3.79. The quantitative estimate of drug-likeness (QED) is 0.782. The maximum atomic E-state index is 11.7. The molecule has 0 aromatic carbocycles. The minimum Gasteiger partial charge on any atom is -0.467 e. The molecule has 0 saturated heterocycles. The largest absolute Gasteiger partial charge is 0.467 e. The van der Waals surface area contributed by atoms with Crippen LogP contribution in [0.1, 0.15) is 6.92 Å². The molecule has 2 amide bonds. The average molecular weight is 263 g/mol. The number of hydrogen-bond acceptors (Lipinski definition) is 5. The fraction of sp³-hybridized carbons (Fsp3) is 0.273. The molecule has 0 spiro atoms. The number of methoxy groups -OCH3 is 1. The molecule has 2 heterocycles. The monoisotopic (exact) mass is 263 g/mol. The Morgan fingerprint density at radius 1 is 1.47 bits per heavy atom. The smallest absolute Gasteiger partial charge is 0.328 e. The molecule has 2 aromatic rings. The second-order valence-electron chi connectivity index (χ2n) is 3.79. The van der Waals surface area contributed by atoms with Crippen LogP contribution in [0.3, 0.4) is 0 Å². The van der Waals surface area contributed by atoms with Crippen molar-refractivity contribution in [3.8, 4) is 0 Å². The number of urea groups is 1. The zero-order chi connectivity index (χ0) is 13.8. The SMILES string of the molecule is COC(=O)C(C)NC(=O)Nc1cccn2ncnc12. The highest BCUT2D eigenvalue weighted by atomic mass is 16.5. The molecule has 2 rings (SSSR count). The Labute approximate surface area is 108 Å². The summed E-state index contributed by atoms with van der Waals surface area (Å²) in [5, 5.41) is 9.00. The zero-order valence-corrected chi connectivity index (χ0v) is 10.5. The number of pyridine rings is 1. The van der Waals surface area contributed by atoms with Crippen molar-refractivity contribution in [2.45, 2.75) is 13.0 Å². The van der Waals surface area contributed by atoms with Gasteiger partial charge in [-0.25, -0.2) is 19.1 Å². The van der Waals surface area contributed by atoms with Crippen LogP contribution in [0.5, 0.6) is 0 Å². The molecule has 1 unspecified atom stereocenters. The van der Waals surface area contributed by atoms with Gasteiger partial charge >= 0.3 is 12.0 Å². The van der Waals surface area contributed by atoms with Gasteiger partial charge in [0.15, 0.2) is 5.65 Å². The summed E-state index contributed by atoms with van der Waals surface area (Å²) < 4.78 is 6.04. The van der Waals surface area contributed by atoms with E-state index in [0.717, 1.165) is 0 Å². The van der Waals surface area contributed by atoms with Crippen LogP contribution in [0.15, 0.2) is 24.7 Å². The van der Waals surface area contributed by atoms with Crippen molar-refractivity contribution in [2.75, 3.05) is 12.4 Å². The van der Waals surface area contributed by atoms with Crippen molar-refractivity contribution < 1.29 is 14.3 Å². The summed E-state index contributed by atoms with van der Waals surface area (Å²) >= 11 is 0. The Hall–Kier alpha value is -2.64. The third-order valence-electron chi connectivity index (χ3n) is 2.45. The minimum absolute atomic E-state index is 0.495. The van der Waals surface area contributed by atoms with Crippen LogP contribution in [-0.4, -0.2) is 39.8 Å².